The Balaban J connectivity index is 2.88. The number of carbonyl (C=O) groups excluding carboxylic acids is 2. The van der Waals surface area contributed by atoms with Crippen molar-refractivity contribution in [2.24, 2.45) is 0 Å². The second kappa shape index (κ2) is 6.53. The number of aromatic carboxylic acids is 1. The van der Waals surface area contributed by atoms with Gasteiger partial charge in [0.25, 0.3) is 5.91 Å². The summed E-state index contributed by atoms with van der Waals surface area (Å²) in [6.07, 6.45) is 0. The zero-order valence-corrected chi connectivity index (χ0v) is 10.8. The highest BCUT2D eigenvalue weighted by Gasteiger charge is 2.20. The molecule has 0 saturated heterocycles. The second-order valence-electron chi connectivity index (χ2n) is 3.82. The minimum absolute atomic E-state index is 0.0433. The number of carbonyl (C=O) groups is 3. The first-order valence-corrected chi connectivity index (χ1v) is 5.70. The molecular weight excluding hydrogens is 250 g/mol. The number of likely N-dealkylation sites (N-methyl/N-ethyl adjacent to an activating group) is 1. The molecule has 0 spiro atoms. The van der Waals surface area contributed by atoms with E-state index in [0.29, 0.717) is 0 Å². The van der Waals surface area contributed by atoms with Crippen LogP contribution in [0.15, 0.2) is 24.3 Å². The molecule has 0 unspecified atom stereocenters. The molecule has 1 amide bonds. The van der Waals surface area contributed by atoms with Crippen LogP contribution in [-0.4, -0.2) is 48.1 Å². The van der Waals surface area contributed by atoms with Crippen molar-refractivity contribution in [2.75, 3.05) is 20.2 Å². The normalized spacial score (nSPS) is 9.79. The molecule has 1 aromatic rings. The van der Waals surface area contributed by atoms with E-state index in [1.165, 1.54) is 25.2 Å². The molecule has 0 aromatic heterocycles. The summed E-state index contributed by atoms with van der Waals surface area (Å²) in [5, 5.41) is 9.00. The number of esters is 1. The van der Waals surface area contributed by atoms with Crippen LogP contribution in [0.5, 0.6) is 0 Å². The first-order valence-electron chi connectivity index (χ1n) is 5.70. The Labute approximate surface area is 110 Å². The Kier molecular flexibility index (Phi) is 5.05. The number of benzene rings is 1. The highest BCUT2D eigenvalue weighted by molar-refractivity contribution is 6.05. The highest BCUT2D eigenvalue weighted by atomic mass is 16.5. The van der Waals surface area contributed by atoms with E-state index >= 15 is 0 Å². The van der Waals surface area contributed by atoms with E-state index in [0.717, 1.165) is 4.90 Å². The fourth-order valence-electron chi connectivity index (χ4n) is 1.53. The SMILES string of the molecule is CCOC(=O)CN(C)C(=O)c1ccccc1C(=O)O. The van der Waals surface area contributed by atoms with Gasteiger partial charge in [-0.25, -0.2) is 4.79 Å². The molecule has 0 radical (unpaired) electrons. The number of carboxylic acid groups (broad SMARTS) is 1. The molecule has 0 bridgehead atoms. The predicted octanol–water partition coefficient (Wildman–Crippen LogP) is 1.02. The fraction of sp³-hybridized carbons (Fsp3) is 0.308. The molecule has 6 heteroatoms. The van der Waals surface area contributed by atoms with Crippen LogP contribution in [0.1, 0.15) is 27.6 Å². The van der Waals surface area contributed by atoms with Gasteiger partial charge in [-0.1, -0.05) is 12.1 Å². The number of rotatable bonds is 5. The summed E-state index contributed by atoms with van der Waals surface area (Å²) in [6.45, 7) is 1.67. The van der Waals surface area contributed by atoms with E-state index in [4.69, 9.17) is 9.84 Å². The van der Waals surface area contributed by atoms with Gasteiger partial charge in [-0.05, 0) is 19.1 Å². The van der Waals surface area contributed by atoms with Crippen molar-refractivity contribution in [1.29, 1.82) is 0 Å². The van der Waals surface area contributed by atoms with Crippen LogP contribution in [0.3, 0.4) is 0 Å². The summed E-state index contributed by atoms with van der Waals surface area (Å²) >= 11 is 0. The summed E-state index contributed by atoms with van der Waals surface area (Å²) in [6, 6.07) is 5.85. The third-order valence-corrected chi connectivity index (χ3v) is 2.41. The lowest BCUT2D eigenvalue weighted by Gasteiger charge is -2.17. The third-order valence-electron chi connectivity index (χ3n) is 2.41. The number of amides is 1. The summed E-state index contributed by atoms with van der Waals surface area (Å²) in [7, 11) is 1.41. The molecule has 0 aliphatic heterocycles. The van der Waals surface area contributed by atoms with Crippen molar-refractivity contribution >= 4 is 17.8 Å². The quantitative estimate of drug-likeness (QED) is 0.803. The lowest BCUT2D eigenvalue weighted by Crippen LogP contribution is -2.33. The van der Waals surface area contributed by atoms with E-state index in [-0.39, 0.29) is 24.3 Å². The second-order valence-corrected chi connectivity index (χ2v) is 3.82. The molecule has 6 nitrogen and oxygen atoms in total. The van der Waals surface area contributed by atoms with Crippen LogP contribution < -0.4 is 0 Å². The van der Waals surface area contributed by atoms with Crippen molar-refractivity contribution in [3.8, 4) is 0 Å². The van der Waals surface area contributed by atoms with E-state index in [1.807, 2.05) is 0 Å². The van der Waals surface area contributed by atoms with Gasteiger partial charge >= 0.3 is 11.9 Å². The van der Waals surface area contributed by atoms with E-state index in [2.05, 4.69) is 0 Å². The molecule has 0 saturated carbocycles. The average Bonchev–Trinajstić information content (AvgIpc) is 2.37. The Morgan fingerprint density at radius 3 is 2.32 bits per heavy atom. The van der Waals surface area contributed by atoms with Crippen LogP contribution in [0, 0.1) is 0 Å². The summed E-state index contributed by atoms with van der Waals surface area (Å²) < 4.78 is 4.73. The average molecular weight is 265 g/mol. The molecule has 102 valence electrons. The lowest BCUT2D eigenvalue weighted by atomic mass is 10.1. The molecule has 0 fully saturated rings. The topological polar surface area (TPSA) is 83.9 Å². The highest BCUT2D eigenvalue weighted by Crippen LogP contribution is 2.11. The third kappa shape index (κ3) is 3.80. The number of ether oxygens (including phenoxy) is 1. The minimum atomic E-state index is -1.19. The van der Waals surface area contributed by atoms with Crippen LogP contribution in [0.2, 0.25) is 0 Å². The molecule has 1 N–H and O–H groups in total. The van der Waals surface area contributed by atoms with Gasteiger partial charge in [0.15, 0.2) is 0 Å². The number of hydrogen-bond donors (Lipinski definition) is 1. The van der Waals surface area contributed by atoms with Crippen LogP contribution in [-0.2, 0) is 9.53 Å². The largest absolute Gasteiger partial charge is 0.478 e. The molecule has 1 aromatic carbocycles. The molecule has 0 heterocycles. The Hall–Kier alpha value is -2.37. The van der Waals surface area contributed by atoms with Gasteiger partial charge in [0.1, 0.15) is 6.54 Å². The smallest absolute Gasteiger partial charge is 0.336 e. The first kappa shape index (κ1) is 14.7. The van der Waals surface area contributed by atoms with Gasteiger partial charge in [0, 0.05) is 7.05 Å². The van der Waals surface area contributed by atoms with Crippen molar-refractivity contribution in [2.45, 2.75) is 6.92 Å². The van der Waals surface area contributed by atoms with E-state index in [1.54, 1.807) is 13.0 Å². The molecular formula is C13H15NO5. The minimum Gasteiger partial charge on any atom is -0.478 e. The maximum absolute atomic E-state index is 12.1. The summed E-state index contributed by atoms with van der Waals surface area (Å²) in [4.78, 5) is 35.5. The Morgan fingerprint density at radius 1 is 1.21 bits per heavy atom. The van der Waals surface area contributed by atoms with Gasteiger partial charge in [0.2, 0.25) is 0 Å². The van der Waals surface area contributed by atoms with Crippen molar-refractivity contribution in [3.05, 3.63) is 35.4 Å². The number of carboxylic acids is 1. The summed E-state index contributed by atoms with van der Waals surface area (Å²) in [5.41, 5.74) is -0.0509. The van der Waals surface area contributed by atoms with Gasteiger partial charge in [-0.15, -0.1) is 0 Å². The van der Waals surface area contributed by atoms with Crippen molar-refractivity contribution < 1.29 is 24.2 Å². The van der Waals surface area contributed by atoms with E-state index in [9.17, 15) is 14.4 Å². The number of hydrogen-bond acceptors (Lipinski definition) is 4. The lowest BCUT2D eigenvalue weighted by molar-refractivity contribution is -0.143. The van der Waals surface area contributed by atoms with Gasteiger partial charge in [-0.3, -0.25) is 9.59 Å². The van der Waals surface area contributed by atoms with Gasteiger partial charge in [-0.2, -0.15) is 0 Å². The molecule has 0 atom stereocenters. The molecule has 19 heavy (non-hydrogen) atoms. The van der Waals surface area contributed by atoms with Gasteiger partial charge in [0.05, 0.1) is 17.7 Å². The van der Waals surface area contributed by atoms with E-state index < -0.39 is 17.8 Å². The summed E-state index contributed by atoms with van der Waals surface area (Å²) in [5.74, 6) is -2.26. The Morgan fingerprint density at radius 2 is 1.79 bits per heavy atom. The van der Waals surface area contributed by atoms with Gasteiger partial charge < -0.3 is 14.7 Å². The zero-order chi connectivity index (χ0) is 14.4. The zero-order valence-electron chi connectivity index (χ0n) is 10.8. The van der Waals surface area contributed by atoms with Crippen LogP contribution in [0.25, 0.3) is 0 Å². The monoisotopic (exact) mass is 265 g/mol. The van der Waals surface area contributed by atoms with Crippen LogP contribution in [0.4, 0.5) is 0 Å². The Bertz CT molecular complexity index is 498. The first-order chi connectivity index (χ1) is 8.97. The molecule has 0 aliphatic rings. The molecule has 0 aliphatic carbocycles. The maximum atomic E-state index is 12.1. The molecule has 1 rings (SSSR count). The number of nitrogens with zero attached hydrogens (tertiary/aromatic N) is 1. The fourth-order valence-corrected chi connectivity index (χ4v) is 1.53. The standard InChI is InChI=1S/C13H15NO5/c1-3-19-11(15)8-14(2)12(16)9-6-4-5-7-10(9)13(17)18/h4-7H,3,8H2,1-2H3,(H,17,18). The van der Waals surface area contributed by atoms with Crippen molar-refractivity contribution in [3.63, 3.8) is 0 Å². The maximum Gasteiger partial charge on any atom is 0.336 e. The van der Waals surface area contributed by atoms with Crippen LogP contribution >= 0.6 is 0 Å². The van der Waals surface area contributed by atoms with Crippen molar-refractivity contribution in [1.82, 2.24) is 4.90 Å². The predicted molar refractivity (Wildman–Crippen MR) is 67.0 cm³/mol.